The van der Waals surface area contributed by atoms with Gasteiger partial charge in [-0.15, -0.1) is 0 Å². The van der Waals surface area contributed by atoms with Crippen molar-refractivity contribution in [2.24, 2.45) is 10.8 Å². The van der Waals surface area contributed by atoms with Gasteiger partial charge in [-0.25, -0.2) is 9.97 Å². The Labute approximate surface area is 313 Å². The van der Waals surface area contributed by atoms with Crippen molar-refractivity contribution in [1.29, 1.82) is 0 Å². The van der Waals surface area contributed by atoms with Crippen LogP contribution in [-0.4, -0.2) is 93.9 Å². The molecular formula is C38H42Cl2N10O2. The van der Waals surface area contributed by atoms with Crippen LogP contribution >= 0.6 is 23.2 Å². The maximum atomic E-state index is 11.8. The first kappa shape index (κ1) is 34.7. The molecule has 12 nitrogen and oxygen atoms in total. The number of nitrogens with zero attached hydrogens (tertiary/aromatic N) is 6. The topological polar surface area (TPSA) is 140 Å². The van der Waals surface area contributed by atoms with Crippen molar-refractivity contribution in [3.05, 3.63) is 70.2 Å². The van der Waals surface area contributed by atoms with E-state index in [2.05, 4.69) is 31.1 Å². The van der Waals surface area contributed by atoms with Gasteiger partial charge in [0.1, 0.15) is 11.6 Å². The van der Waals surface area contributed by atoms with Crippen LogP contribution in [0, 0.1) is 10.8 Å². The molecule has 4 N–H and O–H groups in total. The van der Waals surface area contributed by atoms with Gasteiger partial charge in [-0.05, 0) is 13.8 Å². The van der Waals surface area contributed by atoms with Crippen LogP contribution in [0.4, 0.5) is 11.6 Å². The molecule has 6 heterocycles. The number of nitrogens with one attached hydrogen (secondary N) is 4. The Balaban J connectivity index is 1.03. The molecular weight excluding hydrogens is 699 g/mol. The SMILES string of the molecule is CCNc1nc(-c2cccc(-c3cccc(-c4cnc(CN5CC6(CNC(=O)C6)C5)c(NCC)n4)c3Cl)c2Cl)cnc1CN1CC2(CNC(=O)C2)C1. The molecule has 0 radical (unpaired) electrons. The Bertz CT molecular complexity index is 1900. The summed E-state index contributed by atoms with van der Waals surface area (Å²) in [5.74, 6) is 1.72. The lowest BCUT2D eigenvalue weighted by Gasteiger charge is -2.47. The van der Waals surface area contributed by atoms with E-state index in [-0.39, 0.29) is 22.6 Å². The molecule has 0 atom stereocenters. The van der Waals surface area contributed by atoms with Crippen molar-refractivity contribution in [2.75, 3.05) is 63.0 Å². The molecule has 4 aliphatic rings. The number of hydrogen-bond donors (Lipinski definition) is 4. The lowest BCUT2D eigenvalue weighted by molar-refractivity contribution is -0.121. The Morgan fingerprint density at radius 3 is 1.44 bits per heavy atom. The Morgan fingerprint density at radius 2 is 1.08 bits per heavy atom. The third-order valence-corrected chi connectivity index (χ3v) is 11.4. The van der Waals surface area contributed by atoms with Crippen LogP contribution in [0.2, 0.25) is 10.0 Å². The number of rotatable bonds is 11. The normalized spacial score (nSPS) is 19.0. The highest BCUT2D eigenvalue weighted by Crippen LogP contribution is 2.43. The van der Waals surface area contributed by atoms with Crippen molar-refractivity contribution in [2.45, 2.75) is 39.8 Å². The zero-order valence-corrected chi connectivity index (χ0v) is 30.9. The fourth-order valence-electron chi connectivity index (χ4n) is 8.22. The molecule has 8 rings (SSSR count). The van der Waals surface area contributed by atoms with E-state index in [1.807, 2.05) is 50.2 Å². The third kappa shape index (κ3) is 6.57. The molecule has 2 amide bonds. The van der Waals surface area contributed by atoms with E-state index < -0.39 is 0 Å². The average molecular weight is 742 g/mol. The van der Waals surface area contributed by atoms with E-state index >= 15 is 0 Å². The van der Waals surface area contributed by atoms with Gasteiger partial charge in [0.05, 0.1) is 45.2 Å². The minimum Gasteiger partial charge on any atom is -0.369 e. The molecule has 0 saturated carbocycles. The molecule has 4 saturated heterocycles. The lowest BCUT2D eigenvalue weighted by Crippen LogP contribution is -2.56. The van der Waals surface area contributed by atoms with Gasteiger partial charge >= 0.3 is 0 Å². The molecule has 14 heteroatoms. The highest BCUT2D eigenvalue weighted by atomic mass is 35.5. The standard InChI is InChI=1S/C38H42Cl2N10O2/c1-3-41-35-29(15-49-19-37(20-49)11-31(51)45-17-37)43-13-27(47-35)25-9-5-7-23(33(25)39)24-8-6-10-26(34(24)40)28-14-44-30(36(48-28)42-4-2)16-50-21-38(22-50)12-32(52)46-18-38/h5-10,13-14H,3-4,11-12,15-22H2,1-2H3,(H,41,47)(H,42,48)(H,45,51)(H,46,52). The van der Waals surface area contributed by atoms with Crippen LogP contribution in [0.15, 0.2) is 48.8 Å². The molecule has 0 aliphatic carbocycles. The van der Waals surface area contributed by atoms with Crippen molar-refractivity contribution < 1.29 is 9.59 Å². The van der Waals surface area contributed by atoms with Crippen molar-refractivity contribution >= 4 is 46.7 Å². The zero-order chi connectivity index (χ0) is 36.0. The first-order valence-corrected chi connectivity index (χ1v) is 18.7. The predicted molar refractivity (Wildman–Crippen MR) is 203 cm³/mol. The Kier molecular flexibility index (Phi) is 9.27. The maximum Gasteiger partial charge on any atom is 0.220 e. The van der Waals surface area contributed by atoms with Crippen LogP contribution in [0.25, 0.3) is 33.6 Å². The van der Waals surface area contributed by atoms with Crippen LogP contribution in [-0.2, 0) is 22.7 Å². The van der Waals surface area contributed by atoms with Gasteiger partial charge in [-0.1, -0.05) is 59.6 Å². The smallest absolute Gasteiger partial charge is 0.220 e. The van der Waals surface area contributed by atoms with E-state index in [9.17, 15) is 9.59 Å². The van der Waals surface area contributed by atoms with E-state index in [1.165, 1.54) is 0 Å². The summed E-state index contributed by atoms with van der Waals surface area (Å²) in [7, 11) is 0. The summed E-state index contributed by atoms with van der Waals surface area (Å²) in [6, 6.07) is 11.7. The largest absolute Gasteiger partial charge is 0.369 e. The first-order chi connectivity index (χ1) is 25.2. The van der Waals surface area contributed by atoms with Crippen LogP contribution in [0.3, 0.4) is 0 Å². The molecule has 4 aromatic rings. The highest BCUT2D eigenvalue weighted by Gasteiger charge is 2.49. The average Bonchev–Trinajstić information content (AvgIpc) is 3.69. The van der Waals surface area contributed by atoms with Gasteiger partial charge in [0.25, 0.3) is 0 Å². The van der Waals surface area contributed by atoms with E-state index in [0.29, 0.717) is 60.5 Å². The minimum absolute atomic E-state index is 0.0509. The first-order valence-electron chi connectivity index (χ1n) is 17.9. The Morgan fingerprint density at radius 1 is 0.673 bits per heavy atom. The van der Waals surface area contributed by atoms with E-state index in [1.54, 1.807) is 12.4 Å². The summed E-state index contributed by atoms with van der Waals surface area (Å²) >= 11 is 14.3. The molecule has 270 valence electrons. The van der Waals surface area contributed by atoms with Gasteiger partial charge in [-0.2, -0.15) is 0 Å². The molecule has 52 heavy (non-hydrogen) atoms. The minimum atomic E-state index is 0.0509. The van der Waals surface area contributed by atoms with Gasteiger partial charge in [0.2, 0.25) is 11.8 Å². The van der Waals surface area contributed by atoms with Crippen LogP contribution in [0.5, 0.6) is 0 Å². The summed E-state index contributed by atoms with van der Waals surface area (Å²) in [5.41, 5.74) is 6.19. The summed E-state index contributed by atoms with van der Waals surface area (Å²) in [4.78, 5) is 47.9. The fraction of sp³-hybridized carbons (Fsp3) is 0.421. The molecule has 2 aromatic heterocycles. The van der Waals surface area contributed by atoms with Crippen molar-refractivity contribution in [3.8, 4) is 33.6 Å². The second-order valence-electron chi connectivity index (χ2n) is 14.7. The third-order valence-electron chi connectivity index (χ3n) is 10.6. The fourth-order valence-corrected chi connectivity index (χ4v) is 8.86. The molecule has 2 aromatic carbocycles. The number of benzene rings is 2. The molecule has 0 unspecified atom stereocenters. The molecule has 4 fully saturated rings. The predicted octanol–water partition coefficient (Wildman–Crippen LogP) is 5.08. The number of aromatic nitrogens is 4. The van der Waals surface area contributed by atoms with E-state index in [0.717, 1.165) is 84.5 Å². The summed E-state index contributed by atoms with van der Waals surface area (Å²) < 4.78 is 0. The zero-order valence-electron chi connectivity index (χ0n) is 29.4. The van der Waals surface area contributed by atoms with Crippen molar-refractivity contribution in [3.63, 3.8) is 0 Å². The van der Waals surface area contributed by atoms with Crippen LogP contribution < -0.4 is 21.3 Å². The molecule has 0 bridgehead atoms. The number of halogens is 2. The molecule has 4 aliphatic heterocycles. The van der Waals surface area contributed by atoms with Gasteiger partial charge in [0.15, 0.2) is 0 Å². The number of carbonyl (C=O) groups is 2. The van der Waals surface area contributed by atoms with Crippen molar-refractivity contribution in [1.82, 2.24) is 40.4 Å². The summed E-state index contributed by atoms with van der Waals surface area (Å²) in [5, 5.41) is 13.8. The number of likely N-dealkylation sites (tertiary alicyclic amines) is 2. The second kappa shape index (κ2) is 13.9. The number of anilines is 2. The van der Waals surface area contributed by atoms with Gasteiger partial charge < -0.3 is 21.3 Å². The number of carbonyl (C=O) groups excluding carboxylic acids is 2. The monoisotopic (exact) mass is 740 g/mol. The maximum absolute atomic E-state index is 11.8. The highest BCUT2D eigenvalue weighted by molar-refractivity contribution is 6.39. The quantitative estimate of drug-likeness (QED) is 0.165. The van der Waals surface area contributed by atoms with Gasteiger partial charge in [0, 0.05) is 111 Å². The molecule has 2 spiro atoms. The Hall–Kier alpha value is -4.36. The van der Waals surface area contributed by atoms with E-state index in [4.69, 9.17) is 43.1 Å². The van der Waals surface area contributed by atoms with Crippen LogP contribution in [0.1, 0.15) is 38.1 Å². The van der Waals surface area contributed by atoms with Gasteiger partial charge in [-0.3, -0.25) is 29.4 Å². The summed E-state index contributed by atoms with van der Waals surface area (Å²) in [6.07, 6.45) is 4.74. The number of hydrogen-bond acceptors (Lipinski definition) is 10. The second-order valence-corrected chi connectivity index (χ2v) is 15.4. The lowest BCUT2D eigenvalue weighted by atomic mass is 9.79. The number of amides is 2. The summed E-state index contributed by atoms with van der Waals surface area (Å²) in [6.45, 7) is 11.7.